The highest BCUT2D eigenvalue weighted by atomic mass is 16.6. The first-order valence-corrected chi connectivity index (χ1v) is 6.24. The maximum absolute atomic E-state index is 11.9. The van der Waals surface area contributed by atoms with E-state index in [1.54, 1.807) is 0 Å². The van der Waals surface area contributed by atoms with Crippen molar-refractivity contribution in [2.45, 2.75) is 26.3 Å². The molecule has 1 amide bonds. The highest BCUT2D eigenvalue weighted by molar-refractivity contribution is 5.96. The Bertz CT molecular complexity index is 502. The van der Waals surface area contributed by atoms with Crippen molar-refractivity contribution in [1.29, 1.82) is 0 Å². The van der Waals surface area contributed by atoms with Crippen LogP contribution < -0.4 is 15.8 Å². The Morgan fingerprint density at radius 1 is 1.50 bits per heavy atom. The summed E-state index contributed by atoms with van der Waals surface area (Å²) in [5.74, 6) is 0.237. The van der Waals surface area contributed by atoms with Crippen LogP contribution in [0.2, 0.25) is 0 Å². The minimum Gasteiger partial charge on any atom is -0.495 e. The number of nitrogens with zero attached hydrogens (tertiary/aromatic N) is 1. The molecule has 7 heteroatoms. The third-order valence-electron chi connectivity index (χ3n) is 2.71. The highest BCUT2D eigenvalue weighted by Crippen LogP contribution is 2.29. The molecule has 0 radical (unpaired) electrons. The van der Waals surface area contributed by atoms with Gasteiger partial charge in [-0.05, 0) is 18.4 Å². The molecule has 0 aromatic heterocycles. The van der Waals surface area contributed by atoms with Gasteiger partial charge in [0.25, 0.3) is 5.69 Å². The fourth-order valence-corrected chi connectivity index (χ4v) is 1.75. The summed E-state index contributed by atoms with van der Waals surface area (Å²) in [5, 5.41) is 13.3. The van der Waals surface area contributed by atoms with E-state index in [9.17, 15) is 14.9 Å². The molecule has 7 nitrogen and oxygen atoms in total. The summed E-state index contributed by atoms with van der Waals surface area (Å²) in [5.41, 5.74) is 5.88. The quantitative estimate of drug-likeness (QED) is 0.611. The van der Waals surface area contributed by atoms with Gasteiger partial charge in [0.2, 0.25) is 5.91 Å². The number of rotatable bonds is 6. The van der Waals surface area contributed by atoms with Gasteiger partial charge in [-0.1, -0.05) is 13.8 Å². The van der Waals surface area contributed by atoms with E-state index in [4.69, 9.17) is 10.5 Å². The fourth-order valence-electron chi connectivity index (χ4n) is 1.75. The first-order valence-electron chi connectivity index (χ1n) is 6.24. The van der Waals surface area contributed by atoms with Crippen molar-refractivity contribution in [1.82, 2.24) is 0 Å². The van der Waals surface area contributed by atoms with Gasteiger partial charge in [0.15, 0.2) is 0 Å². The number of benzene rings is 1. The molecule has 0 saturated carbocycles. The van der Waals surface area contributed by atoms with E-state index >= 15 is 0 Å². The molecule has 110 valence electrons. The van der Waals surface area contributed by atoms with Crippen molar-refractivity contribution >= 4 is 17.3 Å². The topological polar surface area (TPSA) is 107 Å². The van der Waals surface area contributed by atoms with Crippen LogP contribution in [0.5, 0.6) is 5.75 Å². The predicted molar refractivity (Wildman–Crippen MR) is 75.7 cm³/mol. The molecule has 0 heterocycles. The van der Waals surface area contributed by atoms with Crippen LogP contribution in [-0.4, -0.2) is 24.0 Å². The second-order valence-corrected chi connectivity index (χ2v) is 4.87. The number of amides is 1. The van der Waals surface area contributed by atoms with E-state index in [0.29, 0.717) is 12.2 Å². The molecular formula is C13H19N3O4. The minimum absolute atomic E-state index is 0.126. The Labute approximate surface area is 117 Å². The van der Waals surface area contributed by atoms with Crippen LogP contribution >= 0.6 is 0 Å². The molecule has 1 rings (SSSR count). The number of carbonyl (C=O) groups excluding carboxylic acids is 1. The number of ether oxygens (including phenoxy) is 1. The average Bonchev–Trinajstić information content (AvgIpc) is 2.37. The Kier molecular flexibility index (Phi) is 5.45. The fraction of sp³-hybridized carbons (Fsp3) is 0.462. The molecule has 0 spiro atoms. The molecule has 1 atom stereocenters. The third kappa shape index (κ3) is 4.20. The number of nitro groups is 1. The molecule has 1 aromatic carbocycles. The summed E-state index contributed by atoms with van der Waals surface area (Å²) in [6, 6.07) is 3.32. The number of hydrogen-bond acceptors (Lipinski definition) is 5. The van der Waals surface area contributed by atoms with Crippen LogP contribution in [0.25, 0.3) is 0 Å². The largest absolute Gasteiger partial charge is 0.495 e. The number of nitro benzene ring substituents is 1. The lowest BCUT2D eigenvalue weighted by Crippen LogP contribution is -2.36. The standard InChI is InChI=1S/C13H19N3O4/c1-8(2)6-10(14)13(17)15-11-7-9(16(18)19)4-5-12(11)20-3/h4-5,7-8,10H,6,14H2,1-3H3,(H,15,17). The second kappa shape index (κ2) is 6.85. The van der Waals surface area contributed by atoms with Gasteiger partial charge in [0.1, 0.15) is 5.75 Å². The first-order chi connectivity index (χ1) is 9.35. The van der Waals surface area contributed by atoms with Crippen molar-refractivity contribution in [3.05, 3.63) is 28.3 Å². The zero-order chi connectivity index (χ0) is 15.3. The summed E-state index contributed by atoms with van der Waals surface area (Å²) < 4.78 is 5.06. The molecule has 0 saturated heterocycles. The van der Waals surface area contributed by atoms with Crippen molar-refractivity contribution in [2.75, 3.05) is 12.4 Å². The van der Waals surface area contributed by atoms with Gasteiger partial charge >= 0.3 is 0 Å². The SMILES string of the molecule is COc1ccc([N+](=O)[O-])cc1NC(=O)C(N)CC(C)C. The molecule has 0 fully saturated rings. The van der Waals surface area contributed by atoms with E-state index in [0.717, 1.165) is 0 Å². The molecule has 20 heavy (non-hydrogen) atoms. The number of nitrogens with two attached hydrogens (primary N) is 1. The van der Waals surface area contributed by atoms with Crippen LogP contribution in [0.3, 0.4) is 0 Å². The second-order valence-electron chi connectivity index (χ2n) is 4.87. The minimum atomic E-state index is -0.668. The maximum atomic E-state index is 11.9. The number of methoxy groups -OCH3 is 1. The van der Waals surface area contributed by atoms with Crippen LogP contribution in [0, 0.1) is 16.0 Å². The van der Waals surface area contributed by atoms with Gasteiger partial charge in [-0.15, -0.1) is 0 Å². The van der Waals surface area contributed by atoms with E-state index in [1.807, 2.05) is 13.8 Å². The van der Waals surface area contributed by atoms with E-state index in [1.165, 1.54) is 25.3 Å². The summed E-state index contributed by atoms with van der Waals surface area (Å²) in [6.07, 6.45) is 0.531. The lowest BCUT2D eigenvalue weighted by atomic mass is 10.0. The number of carbonyl (C=O) groups is 1. The maximum Gasteiger partial charge on any atom is 0.271 e. The van der Waals surface area contributed by atoms with Gasteiger partial charge in [-0.3, -0.25) is 14.9 Å². The molecule has 1 aromatic rings. The van der Waals surface area contributed by atoms with Crippen LogP contribution in [-0.2, 0) is 4.79 Å². The Balaban J connectivity index is 2.92. The summed E-state index contributed by atoms with van der Waals surface area (Å²) >= 11 is 0. The first kappa shape index (κ1) is 15.9. The van der Waals surface area contributed by atoms with Crippen molar-refractivity contribution in [3.63, 3.8) is 0 Å². The van der Waals surface area contributed by atoms with Crippen molar-refractivity contribution < 1.29 is 14.5 Å². The molecule has 0 aliphatic heterocycles. The molecule has 3 N–H and O–H groups in total. The Morgan fingerprint density at radius 2 is 2.15 bits per heavy atom. The number of anilines is 1. The lowest BCUT2D eigenvalue weighted by molar-refractivity contribution is -0.384. The zero-order valence-corrected chi connectivity index (χ0v) is 11.8. The van der Waals surface area contributed by atoms with Crippen LogP contribution in [0.1, 0.15) is 20.3 Å². The van der Waals surface area contributed by atoms with Crippen LogP contribution in [0.4, 0.5) is 11.4 Å². The predicted octanol–water partition coefficient (Wildman–Crippen LogP) is 1.92. The van der Waals surface area contributed by atoms with E-state index in [-0.39, 0.29) is 17.3 Å². The third-order valence-corrected chi connectivity index (χ3v) is 2.71. The highest BCUT2D eigenvalue weighted by Gasteiger charge is 2.18. The summed E-state index contributed by atoms with van der Waals surface area (Å²) in [6.45, 7) is 3.92. The molecule has 0 aliphatic rings. The molecule has 1 unspecified atom stereocenters. The van der Waals surface area contributed by atoms with Gasteiger partial charge in [-0.25, -0.2) is 0 Å². The van der Waals surface area contributed by atoms with E-state index in [2.05, 4.69) is 5.32 Å². The van der Waals surface area contributed by atoms with Gasteiger partial charge < -0.3 is 15.8 Å². The van der Waals surface area contributed by atoms with Gasteiger partial charge in [0.05, 0.1) is 23.8 Å². The monoisotopic (exact) mass is 281 g/mol. The number of non-ortho nitro benzene ring substituents is 1. The number of nitrogens with one attached hydrogen (secondary N) is 1. The van der Waals surface area contributed by atoms with Crippen molar-refractivity contribution in [3.8, 4) is 5.75 Å². The van der Waals surface area contributed by atoms with Gasteiger partial charge in [0, 0.05) is 12.1 Å². The molecule has 0 bridgehead atoms. The normalized spacial score (nSPS) is 12.1. The van der Waals surface area contributed by atoms with Crippen LogP contribution in [0.15, 0.2) is 18.2 Å². The summed E-state index contributed by atoms with van der Waals surface area (Å²) in [4.78, 5) is 22.1. The summed E-state index contributed by atoms with van der Waals surface area (Å²) in [7, 11) is 1.42. The van der Waals surface area contributed by atoms with Gasteiger partial charge in [-0.2, -0.15) is 0 Å². The Hall–Kier alpha value is -2.15. The molecule has 0 aliphatic carbocycles. The number of hydrogen-bond donors (Lipinski definition) is 2. The smallest absolute Gasteiger partial charge is 0.271 e. The molecular weight excluding hydrogens is 262 g/mol. The average molecular weight is 281 g/mol. The zero-order valence-electron chi connectivity index (χ0n) is 11.8. The lowest BCUT2D eigenvalue weighted by Gasteiger charge is -2.15. The Morgan fingerprint density at radius 3 is 2.65 bits per heavy atom. The van der Waals surface area contributed by atoms with E-state index < -0.39 is 16.9 Å². The van der Waals surface area contributed by atoms with Crippen molar-refractivity contribution in [2.24, 2.45) is 11.7 Å².